The number of rotatable bonds is 4. The van der Waals surface area contributed by atoms with E-state index in [4.69, 9.17) is 0 Å². The second kappa shape index (κ2) is 5.35. The van der Waals surface area contributed by atoms with Gasteiger partial charge in [-0.05, 0) is 31.0 Å². The predicted octanol–water partition coefficient (Wildman–Crippen LogP) is 3.53. The van der Waals surface area contributed by atoms with Gasteiger partial charge in [0, 0.05) is 13.1 Å². The number of anilines is 2. The van der Waals surface area contributed by atoms with Gasteiger partial charge in [-0.3, -0.25) is 0 Å². The van der Waals surface area contributed by atoms with Gasteiger partial charge in [0.1, 0.15) is 0 Å². The summed E-state index contributed by atoms with van der Waals surface area (Å²) in [6, 6.07) is 19.4. The molecule has 2 aromatic carbocycles. The van der Waals surface area contributed by atoms with Crippen molar-refractivity contribution >= 4 is 11.4 Å². The van der Waals surface area contributed by atoms with Crippen LogP contribution in [0.2, 0.25) is 0 Å². The highest BCUT2D eigenvalue weighted by atomic mass is 15.4. The van der Waals surface area contributed by atoms with Crippen LogP contribution in [-0.2, 0) is 6.42 Å². The second-order valence-corrected chi connectivity index (χ2v) is 4.99. The highest BCUT2D eigenvalue weighted by molar-refractivity contribution is 5.76. The van der Waals surface area contributed by atoms with Crippen molar-refractivity contribution < 1.29 is 0 Å². The van der Waals surface area contributed by atoms with Crippen LogP contribution in [0.25, 0.3) is 0 Å². The second-order valence-electron chi connectivity index (χ2n) is 4.99. The Morgan fingerprint density at radius 2 is 1.47 bits per heavy atom. The van der Waals surface area contributed by atoms with Gasteiger partial charge < -0.3 is 9.80 Å². The first kappa shape index (κ1) is 12.1. The Labute approximate surface area is 115 Å². The lowest BCUT2D eigenvalue weighted by molar-refractivity contribution is 0.770. The SMILES string of the molecule is CCN1CN(CCc2ccccc2)c2ccccc21. The molecule has 0 unspecified atom stereocenters. The maximum absolute atomic E-state index is 2.48. The molecule has 0 atom stereocenters. The van der Waals surface area contributed by atoms with Gasteiger partial charge in [0.25, 0.3) is 0 Å². The summed E-state index contributed by atoms with van der Waals surface area (Å²) in [5.41, 5.74) is 4.16. The molecule has 0 aromatic heterocycles. The number of hydrogen-bond acceptors (Lipinski definition) is 2. The molecule has 0 saturated carbocycles. The van der Waals surface area contributed by atoms with E-state index in [2.05, 4.69) is 71.3 Å². The smallest absolute Gasteiger partial charge is 0.0904 e. The molecule has 1 aliphatic heterocycles. The number of benzene rings is 2. The van der Waals surface area contributed by atoms with Gasteiger partial charge in [0.05, 0.1) is 18.0 Å². The van der Waals surface area contributed by atoms with Crippen LogP contribution in [0.4, 0.5) is 11.4 Å². The Morgan fingerprint density at radius 3 is 2.16 bits per heavy atom. The summed E-state index contributed by atoms with van der Waals surface area (Å²) in [4.78, 5) is 4.91. The molecule has 0 aliphatic carbocycles. The largest absolute Gasteiger partial charge is 0.352 e. The fraction of sp³-hybridized carbons (Fsp3) is 0.294. The highest BCUT2D eigenvalue weighted by Gasteiger charge is 2.23. The average Bonchev–Trinajstić information content (AvgIpc) is 2.84. The van der Waals surface area contributed by atoms with Crippen molar-refractivity contribution in [2.45, 2.75) is 13.3 Å². The molecule has 0 amide bonds. The standard InChI is InChI=1S/C17H20N2/c1-2-18-14-19(17-11-7-6-10-16(17)18)13-12-15-8-4-3-5-9-15/h3-11H,2,12-14H2,1H3. The topological polar surface area (TPSA) is 6.48 Å². The Morgan fingerprint density at radius 1 is 0.842 bits per heavy atom. The predicted molar refractivity (Wildman–Crippen MR) is 81.8 cm³/mol. The molecule has 2 nitrogen and oxygen atoms in total. The summed E-state index contributed by atoms with van der Waals surface area (Å²) in [5.74, 6) is 0. The van der Waals surface area contributed by atoms with Crippen molar-refractivity contribution in [1.29, 1.82) is 0 Å². The molecular formula is C17H20N2. The molecule has 19 heavy (non-hydrogen) atoms. The molecule has 1 aliphatic rings. The van der Waals surface area contributed by atoms with Gasteiger partial charge in [0.2, 0.25) is 0 Å². The zero-order chi connectivity index (χ0) is 13.1. The van der Waals surface area contributed by atoms with Crippen molar-refractivity contribution in [3.8, 4) is 0 Å². The highest BCUT2D eigenvalue weighted by Crippen LogP contribution is 2.35. The number of hydrogen-bond donors (Lipinski definition) is 0. The van der Waals surface area contributed by atoms with Gasteiger partial charge >= 0.3 is 0 Å². The molecule has 0 fully saturated rings. The van der Waals surface area contributed by atoms with Crippen LogP contribution in [0.3, 0.4) is 0 Å². The van der Waals surface area contributed by atoms with E-state index < -0.39 is 0 Å². The van der Waals surface area contributed by atoms with Gasteiger partial charge in [-0.15, -0.1) is 0 Å². The van der Waals surface area contributed by atoms with Crippen molar-refractivity contribution in [3.05, 3.63) is 60.2 Å². The lowest BCUT2D eigenvalue weighted by Crippen LogP contribution is -2.32. The van der Waals surface area contributed by atoms with E-state index in [1.165, 1.54) is 16.9 Å². The zero-order valence-electron chi connectivity index (χ0n) is 11.4. The maximum atomic E-state index is 2.48. The maximum Gasteiger partial charge on any atom is 0.0904 e. The van der Waals surface area contributed by atoms with Gasteiger partial charge in [-0.25, -0.2) is 0 Å². The van der Waals surface area contributed by atoms with Gasteiger partial charge in [-0.1, -0.05) is 42.5 Å². The fourth-order valence-corrected chi connectivity index (χ4v) is 2.73. The van der Waals surface area contributed by atoms with Crippen molar-refractivity contribution in [2.24, 2.45) is 0 Å². The number of nitrogens with zero attached hydrogens (tertiary/aromatic N) is 2. The molecule has 2 heteroatoms. The van der Waals surface area contributed by atoms with E-state index in [0.29, 0.717) is 0 Å². The monoisotopic (exact) mass is 252 g/mol. The molecule has 0 spiro atoms. The van der Waals surface area contributed by atoms with Crippen molar-refractivity contribution in [2.75, 3.05) is 29.6 Å². The van der Waals surface area contributed by atoms with E-state index in [-0.39, 0.29) is 0 Å². The van der Waals surface area contributed by atoms with E-state index in [0.717, 1.165) is 26.2 Å². The van der Waals surface area contributed by atoms with Crippen LogP contribution in [0.1, 0.15) is 12.5 Å². The summed E-state index contributed by atoms with van der Waals surface area (Å²) in [6.45, 7) is 5.39. The molecule has 0 saturated heterocycles. The quantitative estimate of drug-likeness (QED) is 0.821. The summed E-state index contributed by atoms with van der Waals surface area (Å²) in [5, 5.41) is 0. The molecule has 0 bridgehead atoms. The molecule has 1 heterocycles. The zero-order valence-corrected chi connectivity index (χ0v) is 11.4. The molecular weight excluding hydrogens is 232 g/mol. The number of para-hydroxylation sites is 2. The lowest BCUT2D eigenvalue weighted by atomic mass is 10.1. The Kier molecular flexibility index (Phi) is 3.41. The van der Waals surface area contributed by atoms with Crippen LogP contribution in [0.5, 0.6) is 0 Å². The molecule has 2 aromatic rings. The minimum Gasteiger partial charge on any atom is -0.352 e. The first-order chi connectivity index (χ1) is 9.38. The van der Waals surface area contributed by atoms with E-state index in [1.807, 2.05) is 0 Å². The Hall–Kier alpha value is -1.96. The first-order valence-corrected chi connectivity index (χ1v) is 7.01. The molecule has 0 N–H and O–H groups in total. The summed E-state index contributed by atoms with van der Waals surface area (Å²) in [7, 11) is 0. The third-order valence-corrected chi connectivity index (χ3v) is 3.80. The molecule has 98 valence electrons. The van der Waals surface area contributed by atoms with Crippen LogP contribution >= 0.6 is 0 Å². The van der Waals surface area contributed by atoms with E-state index >= 15 is 0 Å². The first-order valence-electron chi connectivity index (χ1n) is 7.01. The van der Waals surface area contributed by atoms with Crippen LogP contribution < -0.4 is 9.80 Å². The average molecular weight is 252 g/mol. The van der Waals surface area contributed by atoms with Crippen LogP contribution in [0, 0.1) is 0 Å². The minimum absolute atomic E-state index is 1.02. The molecule has 0 radical (unpaired) electrons. The van der Waals surface area contributed by atoms with E-state index in [1.54, 1.807) is 0 Å². The van der Waals surface area contributed by atoms with E-state index in [9.17, 15) is 0 Å². The summed E-state index contributed by atoms with van der Waals surface area (Å²) in [6.07, 6.45) is 1.10. The van der Waals surface area contributed by atoms with Crippen molar-refractivity contribution in [1.82, 2.24) is 0 Å². The van der Waals surface area contributed by atoms with Crippen LogP contribution in [-0.4, -0.2) is 19.8 Å². The Bertz CT molecular complexity index is 536. The van der Waals surface area contributed by atoms with Gasteiger partial charge in [-0.2, -0.15) is 0 Å². The third-order valence-electron chi connectivity index (χ3n) is 3.80. The molecule has 3 rings (SSSR count). The third kappa shape index (κ3) is 2.43. The van der Waals surface area contributed by atoms with Gasteiger partial charge in [0.15, 0.2) is 0 Å². The fourth-order valence-electron chi connectivity index (χ4n) is 2.73. The summed E-state index contributed by atoms with van der Waals surface area (Å²) >= 11 is 0. The lowest BCUT2D eigenvalue weighted by Gasteiger charge is -2.20. The number of fused-ring (bicyclic) bond motifs is 1. The normalized spacial score (nSPS) is 13.7. The van der Waals surface area contributed by atoms with Crippen molar-refractivity contribution in [3.63, 3.8) is 0 Å². The summed E-state index contributed by atoms with van der Waals surface area (Å²) < 4.78 is 0. The van der Waals surface area contributed by atoms with Crippen LogP contribution in [0.15, 0.2) is 54.6 Å². The Balaban J connectivity index is 1.73. The minimum atomic E-state index is 1.02.